The topological polar surface area (TPSA) is 47.2 Å². The lowest BCUT2D eigenvalue weighted by Crippen LogP contribution is -2.18. The molecule has 0 atom stereocenters. The number of carbonyl (C=O) groups excluding carboxylic acids is 1. The number of isocyanates is 1. The average molecular weight is 165 g/mol. The van der Waals surface area contributed by atoms with Gasteiger partial charge < -0.3 is 0 Å². The molecule has 1 aromatic heterocycles. The maximum absolute atomic E-state index is 10.1. The summed E-state index contributed by atoms with van der Waals surface area (Å²) in [5.41, 5.74) is 0.360. The van der Waals surface area contributed by atoms with Crippen LogP contribution < -0.4 is 0 Å². The van der Waals surface area contributed by atoms with Gasteiger partial charge in [-0.1, -0.05) is 0 Å². The lowest BCUT2D eigenvalue weighted by molar-refractivity contribution is 0.486. The highest BCUT2D eigenvalue weighted by atomic mass is 16.1. The number of rotatable bonds is 2. The largest absolute Gasteiger partial charge is 0.270 e. The van der Waals surface area contributed by atoms with E-state index in [1.165, 1.54) is 0 Å². The van der Waals surface area contributed by atoms with Gasteiger partial charge in [0.15, 0.2) is 0 Å². The van der Waals surface area contributed by atoms with Gasteiger partial charge in [0.05, 0.1) is 5.69 Å². The molecule has 0 amide bonds. The third-order valence-electron chi connectivity index (χ3n) is 1.77. The summed E-state index contributed by atoms with van der Waals surface area (Å²) in [5.74, 6) is 0. The zero-order valence-corrected chi connectivity index (χ0v) is 7.40. The van der Waals surface area contributed by atoms with E-state index in [4.69, 9.17) is 0 Å². The Balaban J connectivity index is 3.12. The minimum absolute atomic E-state index is 0.535. The van der Waals surface area contributed by atoms with Gasteiger partial charge in [-0.25, -0.2) is 4.79 Å². The molecule has 0 aliphatic carbocycles. The van der Waals surface area contributed by atoms with Gasteiger partial charge in [0.25, 0.3) is 0 Å². The van der Waals surface area contributed by atoms with E-state index in [-0.39, 0.29) is 0 Å². The van der Waals surface area contributed by atoms with Crippen molar-refractivity contribution in [1.82, 2.24) is 9.78 Å². The maximum atomic E-state index is 10.1. The second-order valence-corrected chi connectivity index (χ2v) is 3.10. The van der Waals surface area contributed by atoms with Gasteiger partial charge in [0.2, 0.25) is 6.08 Å². The first-order valence-corrected chi connectivity index (χ1v) is 3.65. The summed E-state index contributed by atoms with van der Waals surface area (Å²) in [5, 5.41) is 3.99. The Labute approximate surface area is 70.9 Å². The van der Waals surface area contributed by atoms with Gasteiger partial charge in [-0.15, -0.1) is 0 Å². The molecule has 0 unspecified atom stereocenters. The third kappa shape index (κ3) is 1.43. The molecule has 0 spiro atoms. The molecular weight excluding hydrogens is 154 g/mol. The van der Waals surface area contributed by atoms with Crippen molar-refractivity contribution in [2.45, 2.75) is 19.4 Å². The van der Waals surface area contributed by atoms with E-state index in [0.29, 0.717) is 0 Å². The Morgan fingerprint density at radius 1 is 1.67 bits per heavy atom. The summed E-state index contributed by atoms with van der Waals surface area (Å²) in [6.45, 7) is 3.68. The fourth-order valence-electron chi connectivity index (χ4n) is 1.15. The monoisotopic (exact) mass is 165 g/mol. The Kier molecular flexibility index (Phi) is 2.11. The van der Waals surface area contributed by atoms with Crippen LogP contribution in [0, 0.1) is 0 Å². The van der Waals surface area contributed by atoms with Gasteiger partial charge in [0, 0.05) is 13.2 Å². The highest BCUT2D eigenvalue weighted by Gasteiger charge is 2.22. The second-order valence-electron chi connectivity index (χ2n) is 3.10. The van der Waals surface area contributed by atoms with Gasteiger partial charge in [0.1, 0.15) is 5.54 Å². The first-order chi connectivity index (χ1) is 5.58. The molecule has 0 aliphatic rings. The molecule has 4 nitrogen and oxygen atoms in total. The van der Waals surface area contributed by atoms with Crippen molar-refractivity contribution in [2.24, 2.45) is 12.0 Å². The summed E-state index contributed by atoms with van der Waals surface area (Å²) in [7, 11) is 1.82. The number of hydrogen-bond acceptors (Lipinski definition) is 3. The number of aliphatic imine (C=N–C) groups is 1. The van der Waals surface area contributed by atoms with Crippen molar-refractivity contribution < 1.29 is 4.79 Å². The van der Waals surface area contributed by atoms with Crippen LogP contribution >= 0.6 is 0 Å². The second kappa shape index (κ2) is 2.91. The summed E-state index contributed by atoms with van der Waals surface area (Å²) < 4.78 is 1.70. The number of aryl methyl sites for hydroxylation is 1. The standard InChI is InChI=1S/C8H11N3O/c1-8(2,9-6-12)7-4-5-10-11(7)3/h4-5H,1-3H3. The first kappa shape index (κ1) is 8.68. The molecule has 4 heteroatoms. The van der Waals surface area contributed by atoms with Crippen LogP contribution in [0.4, 0.5) is 0 Å². The van der Waals surface area contributed by atoms with E-state index >= 15 is 0 Å². The van der Waals surface area contributed by atoms with Crippen LogP contribution in [0.1, 0.15) is 19.5 Å². The quantitative estimate of drug-likeness (QED) is 0.484. The Morgan fingerprint density at radius 2 is 2.33 bits per heavy atom. The molecule has 1 rings (SSSR count). The van der Waals surface area contributed by atoms with Crippen molar-refractivity contribution in [3.8, 4) is 0 Å². The molecule has 1 heterocycles. The van der Waals surface area contributed by atoms with E-state index < -0.39 is 5.54 Å². The lowest BCUT2D eigenvalue weighted by atomic mass is 10.0. The molecule has 0 bridgehead atoms. The van der Waals surface area contributed by atoms with Crippen LogP contribution in [0.25, 0.3) is 0 Å². The fraction of sp³-hybridized carbons (Fsp3) is 0.500. The highest BCUT2D eigenvalue weighted by molar-refractivity contribution is 5.36. The van der Waals surface area contributed by atoms with Crippen molar-refractivity contribution in [3.63, 3.8) is 0 Å². The minimum Gasteiger partial charge on any atom is -0.270 e. The predicted molar refractivity (Wildman–Crippen MR) is 44.4 cm³/mol. The van der Waals surface area contributed by atoms with Crippen LogP contribution in [0.5, 0.6) is 0 Å². The average Bonchev–Trinajstić information content (AvgIpc) is 2.35. The molecule has 0 radical (unpaired) electrons. The SMILES string of the molecule is Cn1nccc1C(C)(C)N=C=O. The molecule has 0 fully saturated rings. The molecule has 0 saturated carbocycles. The van der Waals surface area contributed by atoms with E-state index in [9.17, 15) is 4.79 Å². The summed E-state index contributed by atoms with van der Waals surface area (Å²) in [4.78, 5) is 13.8. The van der Waals surface area contributed by atoms with Crippen LogP contribution in [-0.2, 0) is 17.4 Å². The predicted octanol–water partition coefficient (Wildman–Crippen LogP) is 0.991. The smallest absolute Gasteiger partial charge is 0.235 e. The summed E-state index contributed by atoms with van der Waals surface area (Å²) in [6.07, 6.45) is 3.24. The molecule has 0 N–H and O–H groups in total. The molecule has 12 heavy (non-hydrogen) atoms. The number of aromatic nitrogens is 2. The van der Waals surface area contributed by atoms with Crippen molar-refractivity contribution in [3.05, 3.63) is 18.0 Å². The van der Waals surface area contributed by atoms with Crippen molar-refractivity contribution in [2.75, 3.05) is 0 Å². The van der Waals surface area contributed by atoms with E-state index in [0.717, 1.165) is 5.69 Å². The number of hydrogen-bond donors (Lipinski definition) is 0. The maximum Gasteiger partial charge on any atom is 0.235 e. The van der Waals surface area contributed by atoms with Gasteiger partial charge in [-0.2, -0.15) is 10.1 Å². The Morgan fingerprint density at radius 3 is 2.75 bits per heavy atom. The van der Waals surface area contributed by atoms with Crippen LogP contribution in [-0.4, -0.2) is 15.9 Å². The van der Waals surface area contributed by atoms with Crippen molar-refractivity contribution in [1.29, 1.82) is 0 Å². The van der Waals surface area contributed by atoms with Gasteiger partial charge >= 0.3 is 0 Å². The number of nitrogens with zero attached hydrogens (tertiary/aromatic N) is 3. The molecule has 0 aromatic carbocycles. The van der Waals surface area contributed by atoms with E-state index in [2.05, 4.69) is 10.1 Å². The third-order valence-corrected chi connectivity index (χ3v) is 1.77. The van der Waals surface area contributed by atoms with Gasteiger partial charge in [-0.05, 0) is 19.9 Å². The van der Waals surface area contributed by atoms with Crippen LogP contribution in [0.2, 0.25) is 0 Å². The first-order valence-electron chi connectivity index (χ1n) is 3.65. The molecule has 1 aromatic rings. The van der Waals surface area contributed by atoms with E-state index in [1.807, 2.05) is 27.0 Å². The zero-order valence-electron chi connectivity index (χ0n) is 7.40. The summed E-state index contributed by atoms with van der Waals surface area (Å²) in [6, 6.07) is 1.83. The van der Waals surface area contributed by atoms with Crippen LogP contribution in [0.3, 0.4) is 0 Å². The highest BCUT2D eigenvalue weighted by Crippen LogP contribution is 2.22. The molecular formula is C8H11N3O. The Bertz CT molecular complexity index is 321. The molecule has 64 valence electrons. The zero-order chi connectivity index (χ0) is 9.19. The lowest BCUT2D eigenvalue weighted by Gasteiger charge is -2.16. The fourth-order valence-corrected chi connectivity index (χ4v) is 1.15. The minimum atomic E-state index is -0.535. The van der Waals surface area contributed by atoms with E-state index in [1.54, 1.807) is 17.0 Å². The Hall–Kier alpha value is -1.41. The van der Waals surface area contributed by atoms with Crippen LogP contribution in [0.15, 0.2) is 17.3 Å². The van der Waals surface area contributed by atoms with Gasteiger partial charge in [-0.3, -0.25) is 4.68 Å². The van der Waals surface area contributed by atoms with Crippen molar-refractivity contribution >= 4 is 6.08 Å². The summed E-state index contributed by atoms with van der Waals surface area (Å²) >= 11 is 0. The normalized spacial score (nSPS) is 10.9. The molecule has 0 saturated heterocycles. The molecule has 0 aliphatic heterocycles.